The Morgan fingerprint density at radius 2 is 1.95 bits per heavy atom. The van der Waals surface area contributed by atoms with Crippen molar-refractivity contribution < 1.29 is 18.0 Å². The standard InChI is InChI=1S/C13H8F3N3OS/c1-5-9(21-12(17)18-5)6-2-3-7-8(4-6)10(13(14,15)16)19-11(7)20/h2-4H,1H3,(H2,17,18). The van der Waals surface area contributed by atoms with Crippen LogP contribution in [0.5, 0.6) is 0 Å². The van der Waals surface area contributed by atoms with Gasteiger partial charge >= 0.3 is 6.18 Å². The molecule has 8 heteroatoms. The molecule has 2 heterocycles. The van der Waals surface area contributed by atoms with Crippen molar-refractivity contribution in [1.29, 1.82) is 0 Å². The highest BCUT2D eigenvalue weighted by molar-refractivity contribution is 7.18. The summed E-state index contributed by atoms with van der Waals surface area (Å²) in [5, 5.41) is 0.337. The van der Waals surface area contributed by atoms with Crippen LogP contribution in [0.25, 0.3) is 10.4 Å². The number of fused-ring (bicyclic) bond motifs is 1. The normalized spacial score (nSPS) is 14.3. The van der Waals surface area contributed by atoms with Crippen molar-refractivity contribution in [2.24, 2.45) is 4.99 Å². The van der Waals surface area contributed by atoms with E-state index in [0.29, 0.717) is 21.3 Å². The van der Waals surface area contributed by atoms with Crippen LogP contribution in [-0.2, 0) is 0 Å². The molecule has 0 fully saturated rings. The van der Waals surface area contributed by atoms with Gasteiger partial charge in [-0.15, -0.1) is 0 Å². The topological polar surface area (TPSA) is 68.3 Å². The summed E-state index contributed by atoms with van der Waals surface area (Å²) in [5.41, 5.74) is 5.37. The molecule has 0 bridgehead atoms. The number of rotatable bonds is 1. The summed E-state index contributed by atoms with van der Waals surface area (Å²) in [6.45, 7) is 1.72. The molecule has 0 aliphatic carbocycles. The maximum absolute atomic E-state index is 12.9. The number of carbonyl (C=O) groups is 1. The van der Waals surface area contributed by atoms with E-state index < -0.39 is 17.8 Å². The number of aromatic nitrogens is 1. The SMILES string of the molecule is Cc1nc(N)sc1-c1ccc2c(c1)C(C(F)(F)F)=NC2=O. The summed E-state index contributed by atoms with van der Waals surface area (Å²) in [5.74, 6) is -0.871. The number of benzene rings is 1. The number of nitrogens with zero attached hydrogens (tertiary/aromatic N) is 2. The molecule has 1 amide bonds. The van der Waals surface area contributed by atoms with Gasteiger partial charge in [-0.3, -0.25) is 4.79 Å². The van der Waals surface area contributed by atoms with Crippen LogP contribution in [0, 0.1) is 6.92 Å². The summed E-state index contributed by atoms with van der Waals surface area (Å²) in [7, 11) is 0. The van der Waals surface area contributed by atoms with Crippen LogP contribution in [0.15, 0.2) is 23.2 Å². The average Bonchev–Trinajstić information content (AvgIpc) is 2.89. The molecule has 108 valence electrons. The molecule has 0 spiro atoms. The van der Waals surface area contributed by atoms with Gasteiger partial charge in [-0.2, -0.15) is 13.2 Å². The summed E-state index contributed by atoms with van der Waals surface area (Å²) in [4.78, 5) is 19.3. The van der Waals surface area contributed by atoms with Crippen LogP contribution in [0.1, 0.15) is 21.6 Å². The number of aryl methyl sites for hydroxylation is 1. The monoisotopic (exact) mass is 311 g/mol. The van der Waals surface area contributed by atoms with Gasteiger partial charge in [0.2, 0.25) is 0 Å². The van der Waals surface area contributed by atoms with Gasteiger partial charge in [-0.05, 0) is 24.6 Å². The lowest BCUT2D eigenvalue weighted by atomic mass is 10.0. The van der Waals surface area contributed by atoms with E-state index in [-0.39, 0.29) is 11.1 Å². The molecule has 0 saturated heterocycles. The number of amides is 1. The summed E-state index contributed by atoms with van der Waals surface area (Å²) in [6, 6.07) is 4.24. The maximum atomic E-state index is 12.9. The number of hydrogen-bond acceptors (Lipinski definition) is 4. The van der Waals surface area contributed by atoms with Crippen molar-refractivity contribution in [1.82, 2.24) is 4.98 Å². The molecule has 0 radical (unpaired) electrons. The van der Waals surface area contributed by atoms with Crippen LogP contribution in [-0.4, -0.2) is 22.8 Å². The fraction of sp³-hybridized carbons (Fsp3) is 0.154. The molecule has 1 aromatic carbocycles. The maximum Gasteiger partial charge on any atom is 0.434 e. The molecule has 1 aliphatic rings. The first-order valence-electron chi connectivity index (χ1n) is 5.85. The van der Waals surface area contributed by atoms with Crippen molar-refractivity contribution >= 4 is 28.1 Å². The zero-order valence-electron chi connectivity index (χ0n) is 10.7. The first-order chi connectivity index (χ1) is 9.77. The molecule has 1 aromatic heterocycles. The third-order valence-electron chi connectivity index (χ3n) is 3.06. The lowest BCUT2D eigenvalue weighted by molar-refractivity contribution is -0.0579. The van der Waals surface area contributed by atoms with E-state index in [2.05, 4.69) is 9.98 Å². The number of alkyl halides is 3. The fourth-order valence-electron chi connectivity index (χ4n) is 2.19. The number of anilines is 1. The number of carbonyl (C=O) groups excluding carboxylic acids is 1. The summed E-state index contributed by atoms with van der Waals surface area (Å²) < 4.78 is 38.8. The largest absolute Gasteiger partial charge is 0.434 e. The van der Waals surface area contributed by atoms with E-state index >= 15 is 0 Å². The van der Waals surface area contributed by atoms with Crippen LogP contribution in [0.2, 0.25) is 0 Å². The molecular formula is C13H8F3N3OS. The number of nitrogen functional groups attached to an aromatic ring is 1. The third kappa shape index (κ3) is 2.21. The van der Waals surface area contributed by atoms with E-state index in [0.717, 1.165) is 0 Å². The Bertz CT molecular complexity index is 792. The molecule has 3 rings (SSSR count). The number of hydrogen-bond donors (Lipinski definition) is 1. The highest BCUT2D eigenvalue weighted by Gasteiger charge is 2.42. The molecule has 0 atom stereocenters. The van der Waals surface area contributed by atoms with E-state index in [4.69, 9.17) is 5.73 Å². The molecule has 2 N–H and O–H groups in total. The molecule has 0 saturated carbocycles. The van der Waals surface area contributed by atoms with Crippen molar-refractivity contribution in [2.75, 3.05) is 5.73 Å². The Morgan fingerprint density at radius 1 is 1.24 bits per heavy atom. The van der Waals surface area contributed by atoms with Gasteiger partial charge in [0.05, 0.1) is 16.1 Å². The molecule has 2 aromatic rings. The number of halogens is 3. The molecule has 21 heavy (non-hydrogen) atoms. The van der Waals surface area contributed by atoms with Crippen molar-refractivity contribution in [3.8, 4) is 10.4 Å². The summed E-state index contributed by atoms with van der Waals surface area (Å²) >= 11 is 1.18. The van der Waals surface area contributed by atoms with Crippen molar-refractivity contribution in [3.05, 3.63) is 35.0 Å². The van der Waals surface area contributed by atoms with E-state index in [1.54, 1.807) is 13.0 Å². The Labute approximate surface area is 121 Å². The second-order valence-corrected chi connectivity index (χ2v) is 5.52. The van der Waals surface area contributed by atoms with Crippen molar-refractivity contribution in [2.45, 2.75) is 13.1 Å². The second kappa shape index (κ2) is 4.39. The van der Waals surface area contributed by atoms with Gasteiger partial charge in [-0.1, -0.05) is 17.4 Å². The minimum atomic E-state index is -4.67. The van der Waals surface area contributed by atoms with Gasteiger partial charge in [0.25, 0.3) is 5.91 Å². The highest BCUT2D eigenvalue weighted by atomic mass is 32.1. The minimum Gasteiger partial charge on any atom is -0.375 e. The number of nitrogens with two attached hydrogens (primary N) is 1. The summed E-state index contributed by atoms with van der Waals surface area (Å²) in [6.07, 6.45) is -4.67. The predicted octanol–water partition coefficient (Wildman–Crippen LogP) is 3.21. The van der Waals surface area contributed by atoms with Gasteiger partial charge in [0, 0.05) is 5.56 Å². The molecule has 4 nitrogen and oxygen atoms in total. The first kappa shape index (κ1) is 13.7. The Kier molecular flexibility index (Phi) is 2.87. The van der Waals surface area contributed by atoms with E-state index in [9.17, 15) is 18.0 Å². The zero-order valence-corrected chi connectivity index (χ0v) is 11.5. The third-order valence-corrected chi connectivity index (χ3v) is 4.10. The smallest absolute Gasteiger partial charge is 0.375 e. The van der Waals surface area contributed by atoms with Gasteiger partial charge < -0.3 is 5.73 Å². The quantitative estimate of drug-likeness (QED) is 0.879. The lowest BCUT2D eigenvalue weighted by Gasteiger charge is -2.08. The van der Waals surface area contributed by atoms with Crippen LogP contribution in [0.4, 0.5) is 18.3 Å². The van der Waals surface area contributed by atoms with Gasteiger partial charge in [-0.25, -0.2) is 9.98 Å². The first-order valence-corrected chi connectivity index (χ1v) is 6.67. The Morgan fingerprint density at radius 3 is 2.52 bits per heavy atom. The van der Waals surface area contributed by atoms with Gasteiger partial charge in [0.15, 0.2) is 10.8 Å². The number of aliphatic imine (C=N–C) groups is 1. The molecule has 1 aliphatic heterocycles. The van der Waals surface area contributed by atoms with E-state index in [1.165, 1.54) is 23.5 Å². The predicted molar refractivity (Wildman–Crippen MR) is 73.6 cm³/mol. The molecular weight excluding hydrogens is 303 g/mol. The highest BCUT2D eigenvalue weighted by Crippen LogP contribution is 2.36. The van der Waals surface area contributed by atoms with Crippen LogP contribution >= 0.6 is 11.3 Å². The Hall–Kier alpha value is -2.22. The van der Waals surface area contributed by atoms with Crippen LogP contribution in [0.3, 0.4) is 0 Å². The number of thiazole rings is 1. The van der Waals surface area contributed by atoms with Gasteiger partial charge in [0.1, 0.15) is 0 Å². The van der Waals surface area contributed by atoms with Crippen molar-refractivity contribution in [3.63, 3.8) is 0 Å². The fourth-order valence-corrected chi connectivity index (χ4v) is 3.02. The Balaban J connectivity index is 2.17. The van der Waals surface area contributed by atoms with Crippen LogP contribution < -0.4 is 5.73 Å². The zero-order chi connectivity index (χ0) is 15.4. The minimum absolute atomic E-state index is 0.0405. The average molecular weight is 311 g/mol. The van der Waals surface area contributed by atoms with E-state index in [1.807, 2.05) is 0 Å². The lowest BCUT2D eigenvalue weighted by Crippen LogP contribution is -2.22. The molecule has 0 unspecified atom stereocenters. The second-order valence-electron chi connectivity index (χ2n) is 4.49.